The van der Waals surface area contributed by atoms with Crippen molar-refractivity contribution >= 4 is 62.3 Å². The van der Waals surface area contributed by atoms with Crippen molar-refractivity contribution in [3.8, 4) is 0 Å². The molecule has 66 valence electrons. The fourth-order valence-corrected chi connectivity index (χ4v) is 2.29. The second-order valence-corrected chi connectivity index (χ2v) is 4.50. The summed E-state index contributed by atoms with van der Waals surface area (Å²) in [7, 11) is 0. The number of hydrogen-bond donors (Lipinski definition) is 0. The van der Waals surface area contributed by atoms with E-state index in [1.54, 1.807) is 6.92 Å². The molecule has 0 fully saturated rings. The zero-order valence-corrected chi connectivity index (χ0v) is 10.5. The molecular weight excluding hydrogens is 306 g/mol. The van der Waals surface area contributed by atoms with Gasteiger partial charge in [-0.05, 0) is 28.4 Å². The maximum absolute atomic E-state index is 5.86. The Labute approximate surface area is 98.9 Å². The Bertz CT molecular complexity index is 230. The van der Waals surface area contributed by atoms with E-state index in [9.17, 15) is 0 Å². The molecule has 0 aliphatic rings. The molecule has 5 heteroatoms. The van der Waals surface area contributed by atoms with Crippen molar-refractivity contribution in [2.45, 2.75) is 6.92 Å². The molecule has 1 rings (SSSR count). The van der Waals surface area contributed by atoms with Gasteiger partial charge in [0.25, 0.3) is 0 Å². The topological polar surface area (TPSA) is 0 Å². The van der Waals surface area contributed by atoms with Crippen molar-refractivity contribution in [1.82, 2.24) is 0 Å². The van der Waals surface area contributed by atoms with E-state index in [4.69, 9.17) is 46.4 Å². The average molecular weight is 309 g/mol. The lowest BCUT2D eigenvalue weighted by atomic mass is 10.2. The van der Waals surface area contributed by atoms with Crippen molar-refractivity contribution < 1.29 is 0 Å². The van der Waals surface area contributed by atoms with E-state index in [0.717, 1.165) is 0 Å². The van der Waals surface area contributed by atoms with Crippen LogP contribution in [0.3, 0.4) is 0 Å². The van der Waals surface area contributed by atoms with Crippen LogP contribution in [-0.4, -0.2) is 0 Å². The number of benzene rings is 1. The molecule has 0 aromatic heterocycles. The van der Waals surface area contributed by atoms with E-state index in [1.165, 1.54) is 0 Å². The molecule has 0 saturated heterocycles. The van der Waals surface area contributed by atoms with Crippen LogP contribution in [0, 0.1) is 6.92 Å². The Morgan fingerprint density at radius 1 is 0.833 bits per heavy atom. The molecule has 0 nitrogen and oxygen atoms in total. The fraction of sp³-hybridized carbons (Fsp3) is 0.143. The van der Waals surface area contributed by atoms with Gasteiger partial charge in [-0.1, -0.05) is 46.4 Å². The fourth-order valence-electron chi connectivity index (χ4n) is 0.715. The summed E-state index contributed by atoms with van der Waals surface area (Å²) in [5.41, 5.74) is 0.691. The second-order valence-electron chi connectivity index (χ2n) is 2.19. The summed E-state index contributed by atoms with van der Waals surface area (Å²) in [5, 5.41) is 1.64. The van der Waals surface area contributed by atoms with Gasteiger partial charge in [0.05, 0.1) is 24.6 Å². The Hall–Kier alpha value is 0.860. The van der Waals surface area contributed by atoms with E-state index in [0.29, 0.717) is 30.1 Å². The van der Waals surface area contributed by atoms with Crippen LogP contribution in [0.2, 0.25) is 20.1 Å². The Balaban J connectivity index is 3.60. The molecular formula is C7H3BrCl4. The molecule has 0 radical (unpaired) electrons. The highest BCUT2D eigenvalue weighted by molar-refractivity contribution is 9.10. The molecule has 0 bridgehead atoms. The third-order valence-electron chi connectivity index (χ3n) is 1.43. The first-order valence-electron chi connectivity index (χ1n) is 2.94. The van der Waals surface area contributed by atoms with E-state index in [1.807, 2.05) is 0 Å². The summed E-state index contributed by atoms with van der Waals surface area (Å²) in [5.74, 6) is 0. The number of halogens is 5. The van der Waals surface area contributed by atoms with Gasteiger partial charge in [0.15, 0.2) is 0 Å². The molecule has 0 saturated carbocycles. The lowest BCUT2D eigenvalue weighted by Crippen LogP contribution is -1.83. The van der Waals surface area contributed by atoms with Gasteiger partial charge in [-0.15, -0.1) is 0 Å². The summed E-state index contributed by atoms with van der Waals surface area (Å²) in [6.45, 7) is 1.76. The van der Waals surface area contributed by atoms with Gasteiger partial charge in [0.2, 0.25) is 0 Å². The maximum atomic E-state index is 5.86. The van der Waals surface area contributed by atoms with Gasteiger partial charge in [-0.2, -0.15) is 0 Å². The first kappa shape index (κ1) is 10.9. The first-order valence-corrected chi connectivity index (χ1v) is 5.25. The zero-order chi connectivity index (χ0) is 9.46. The summed E-state index contributed by atoms with van der Waals surface area (Å²) in [4.78, 5) is 0. The molecule has 12 heavy (non-hydrogen) atoms. The van der Waals surface area contributed by atoms with Crippen molar-refractivity contribution in [3.63, 3.8) is 0 Å². The van der Waals surface area contributed by atoms with Crippen LogP contribution >= 0.6 is 62.3 Å². The molecule has 0 spiro atoms. The van der Waals surface area contributed by atoms with Crippen LogP contribution in [0.4, 0.5) is 0 Å². The smallest absolute Gasteiger partial charge is 0.0753 e. The predicted octanol–water partition coefficient (Wildman–Crippen LogP) is 5.37. The molecule has 0 heterocycles. The highest BCUT2D eigenvalue weighted by Gasteiger charge is 2.15. The summed E-state index contributed by atoms with van der Waals surface area (Å²) in [6.07, 6.45) is 0. The van der Waals surface area contributed by atoms with Crippen LogP contribution < -0.4 is 0 Å². The van der Waals surface area contributed by atoms with Gasteiger partial charge in [0.1, 0.15) is 0 Å². The second kappa shape index (κ2) is 3.93. The van der Waals surface area contributed by atoms with Gasteiger partial charge < -0.3 is 0 Å². The quantitative estimate of drug-likeness (QED) is 0.446. The van der Waals surface area contributed by atoms with Gasteiger partial charge >= 0.3 is 0 Å². The highest BCUT2D eigenvalue weighted by Crippen LogP contribution is 2.43. The van der Waals surface area contributed by atoms with Gasteiger partial charge in [-0.25, -0.2) is 0 Å². The monoisotopic (exact) mass is 306 g/mol. The van der Waals surface area contributed by atoms with Crippen molar-refractivity contribution in [2.24, 2.45) is 0 Å². The lowest BCUT2D eigenvalue weighted by molar-refractivity contribution is 1.45. The Morgan fingerprint density at radius 2 is 1.17 bits per heavy atom. The predicted molar refractivity (Wildman–Crippen MR) is 58.9 cm³/mol. The number of hydrogen-bond acceptors (Lipinski definition) is 0. The summed E-state index contributed by atoms with van der Waals surface area (Å²) in [6, 6.07) is 0. The zero-order valence-electron chi connectivity index (χ0n) is 5.89. The molecule has 1 aromatic rings. The van der Waals surface area contributed by atoms with Crippen LogP contribution in [0.15, 0.2) is 4.47 Å². The van der Waals surface area contributed by atoms with Crippen LogP contribution in [0.1, 0.15) is 5.56 Å². The third kappa shape index (κ3) is 1.71. The van der Waals surface area contributed by atoms with Gasteiger partial charge in [-0.3, -0.25) is 0 Å². The normalized spacial score (nSPS) is 10.5. The van der Waals surface area contributed by atoms with Gasteiger partial charge in [0, 0.05) is 0 Å². The average Bonchev–Trinajstić information content (AvgIpc) is 2.08. The van der Waals surface area contributed by atoms with E-state index in [2.05, 4.69) is 15.9 Å². The highest BCUT2D eigenvalue weighted by atomic mass is 79.9. The van der Waals surface area contributed by atoms with Crippen LogP contribution in [-0.2, 0) is 0 Å². The third-order valence-corrected chi connectivity index (χ3v) is 4.57. The van der Waals surface area contributed by atoms with Crippen LogP contribution in [0.25, 0.3) is 0 Å². The van der Waals surface area contributed by atoms with Crippen molar-refractivity contribution in [3.05, 3.63) is 30.1 Å². The Kier molecular flexibility index (Phi) is 3.58. The number of rotatable bonds is 0. The minimum absolute atomic E-state index is 0.392. The molecule has 0 unspecified atom stereocenters. The standard InChI is InChI=1S/C7H3BrCl4/c1-2-4(9)6(11)3(8)7(12)5(2)10/h1H3. The van der Waals surface area contributed by atoms with Crippen molar-refractivity contribution in [1.29, 1.82) is 0 Å². The van der Waals surface area contributed by atoms with E-state index >= 15 is 0 Å². The minimum Gasteiger partial charge on any atom is -0.0823 e. The molecule has 0 atom stereocenters. The minimum atomic E-state index is 0.392. The van der Waals surface area contributed by atoms with Crippen LogP contribution in [0.5, 0.6) is 0 Å². The Morgan fingerprint density at radius 3 is 1.50 bits per heavy atom. The van der Waals surface area contributed by atoms with E-state index < -0.39 is 0 Å². The lowest BCUT2D eigenvalue weighted by Gasteiger charge is -2.08. The maximum Gasteiger partial charge on any atom is 0.0753 e. The van der Waals surface area contributed by atoms with E-state index in [-0.39, 0.29) is 0 Å². The molecule has 0 aliphatic carbocycles. The summed E-state index contributed by atoms with van der Waals surface area (Å²) < 4.78 is 0.534. The summed E-state index contributed by atoms with van der Waals surface area (Å²) >= 11 is 26.6. The molecule has 1 aromatic carbocycles. The molecule has 0 N–H and O–H groups in total. The largest absolute Gasteiger partial charge is 0.0823 e. The molecule has 0 amide bonds. The molecule has 0 aliphatic heterocycles. The SMILES string of the molecule is Cc1c(Cl)c(Cl)c(Br)c(Cl)c1Cl. The first-order chi connectivity index (χ1) is 5.46. The van der Waals surface area contributed by atoms with Crippen molar-refractivity contribution in [2.75, 3.05) is 0 Å².